The Balaban J connectivity index is 1.70. The number of nitrogens with one attached hydrogen (secondary N) is 1. The van der Waals surface area contributed by atoms with Crippen LogP contribution < -0.4 is 5.43 Å². The average Bonchev–Trinajstić information content (AvgIpc) is 3.07. The second-order valence-corrected chi connectivity index (χ2v) is 9.69. The summed E-state index contributed by atoms with van der Waals surface area (Å²) >= 11 is 0. The molecule has 0 aliphatic carbocycles. The number of hydrogen-bond donors (Lipinski definition) is 1. The maximum atomic E-state index is 12.5. The summed E-state index contributed by atoms with van der Waals surface area (Å²) in [5.74, 6) is -0.552. The first-order chi connectivity index (χ1) is 13.3. The number of para-hydroxylation sites is 1. The largest absolute Gasteiger partial charge is 0.344 e. The molecule has 1 aromatic carbocycles. The Labute approximate surface area is 166 Å². The molecule has 0 radical (unpaired) electrons. The summed E-state index contributed by atoms with van der Waals surface area (Å²) < 4.78 is 27.7. The molecule has 1 aliphatic heterocycles. The van der Waals surface area contributed by atoms with E-state index in [0.29, 0.717) is 25.4 Å². The minimum atomic E-state index is -3.27. The molecular weight excluding hydrogens is 376 g/mol. The van der Waals surface area contributed by atoms with Gasteiger partial charge in [-0.05, 0) is 39.7 Å². The van der Waals surface area contributed by atoms with E-state index in [4.69, 9.17) is 0 Å². The van der Waals surface area contributed by atoms with Crippen LogP contribution >= 0.6 is 0 Å². The van der Waals surface area contributed by atoms with Gasteiger partial charge in [-0.15, -0.1) is 0 Å². The predicted octanol–water partition coefficient (Wildman–Crippen LogP) is 2.73. The van der Waals surface area contributed by atoms with Crippen molar-refractivity contribution in [1.82, 2.24) is 14.3 Å². The van der Waals surface area contributed by atoms with Crippen molar-refractivity contribution in [1.29, 1.82) is 0 Å². The van der Waals surface area contributed by atoms with Crippen LogP contribution in [0.15, 0.2) is 35.6 Å². The third kappa shape index (κ3) is 4.28. The van der Waals surface area contributed by atoms with Gasteiger partial charge in [-0.25, -0.2) is 18.1 Å². The third-order valence-electron chi connectivity index (χ3n) is 5.22. The van der Waals surface area contributed by atoms with Crippen LogP contribution in [0.4, 0.5) is 0 Å². The van der Waals surface area contributed by atoms with Crippen molar-refractivity contribution in [3.05, 3.63) is 36.0 Å². The van der Waals surface area contributed by atoms with Crippen molar-refractivity contribution in [2.24, 2.45) is 11.0 Å². The number of hydrogen-bond acceptors (Lipinski definition) is 4. The lowest BCUT2D eigenvalue weighted by atomic mass is 9.99. The number of amides is 1. The van der Waals surface area contributed by atoms with E-state index in [2.05, 4.69) is 35.0 Å². The molecule has 1 N–H and O–H groups in total. The number of fused-ring (bicyclic) bond motifs is 1. The number of benzene rings is 1. The van der Waals surface area contributed by atoms with E-state index < -0.39 is 10.0 Å². The fraction of sp³-hybridized carbons (Fsp3) is 0.500. The highest BCUT2D eigenvalue weighted by atomic mass is 32.2. The number of sulfonamides is 1. The Morgan fingerprint density at radius 1 is 1.36 bits per heavy atom. The summed E-state index contributed by atoms with van der Waals surface area (Å²) in [4.78, 5) is 12.5. The number of piperidine rings is 1. The molecule has 3 rings (SSSR count). The van der Waals surface area contributed by atoms with Crippen molar-refractivity contribution < 1.29 is 13.2 Å². The zero-order chi connectivity index (χ0) is 20.3. The van der Waals surface area contributed by atoms with Gasteiger partial charge < -0.3 is 4.57 Å². The van der Waals surface area contributed by atoms with Crippen LogP contribution in [0.25, 0.3) is 10.9 Å². The van der Waals surface area contributed by atoms with Crippen molar-refractivity contribution in [2.75, 3.05) is 18.8 Å². The Bertz CT molecular complexity index is 978. The lowest BCUT2D eigenvalue weighted by Crippen LogP contribution is -2.45. The lowest BCUT2D eigenvalue weighted by Gasteiger charge is -2.30. The molecule has 1 aliphatic rings. The second-order valence-electron chi connectivity index (χ2n) is 7.43. The number of hydrazone groups is 1. The molecule has 1 saturated heterocycles. The number of aromatic nitrogens is 1. The Kier molecular flexibility index (Phi) is 6.20. The topological polar surface area (TPSA) is 83.8 Å². The van der Waals surface area contributed by atoms with Gasteiger partial charge in [0.2, 0.25) is 15.9 Å². The maximum Gasteiger partial charge on any atom is 0.244 e. The summed E-state index contributed by atoms with van der Waals surface area (Å²) in [6, 6.07) is 8.40. The highest BCUT2D eigenvalue weighted by molar-refractivity contribution is 7.89. The average molecular weight is 405 g/mol. The summed E-state index contributed by atoms with van der Waals surface area (Å²) in [6.45, 7) is 6.57. The van der Waals surface area contributed by atoms with Crippen molar-refractivity contribution in [3.63, 3.8) is 0 Å². The number of carbonyl (C=O) groups is 1. The van der Waals surface area contributed by atoms with E-state index in [1.807, 2.05) is 24.4 Å². The van der Waals surface area contributed by atoms with Crippen LogP contribution in [-0.2, 0) is 14.8 Å². The predicted molar refractivity (Wildman–Crippen MR) is 112 cm³/mol. The van der Waals surface area contributed by atoms with Gasteiger partial charge >= 0.3 is 0 Å². The van der Waals surface area contributed by atoms with Crippen LogP contribution in [-0.4, -0.2) is 48.3 Å². The Morgan fingerprint density at radius 3 is 2.82 bits per heavy atom. The van der Waals surface area contributed by atoms with Crippen LogP contribution in [0.5, 0.6) is 0 Å². The highest BCUT2D eigenvalue weighted by Crippen LogP contribution is 2.23. The van der Waals surface area contributed by atoms with E-state index in [-0.39, 0.29) is 24.1 Å². The fourth-order valence-corrected chi connectivity index (χ4v) is 4.79. The number of carbonyl (C=O) groups excluding carboxylic acids is 1. The van der Waals surface area contributed by atoms with E-state index in [0.717, 1.165) is 16.5 Å². The Morgan fingerprint density at radius 2 is 2.11 bits per heavy atom. The van der Waals surface area contributed by atoms with Gasteiger partial charge in [0.25, 0.3) is 0 Å². The summed E-state index contributed by atoms with van der Waals surface area (Å²) in [6.07, 6.45) is 5.04. The first kappa shape index (κ1) is 20.5. The molecule has 0 bridgehead atoms. The zero-order valence-corrected chi connectivity index (χ0v) is 17.4. The molecule has 8 heteroatoms. The van der Waals surface area contributed by atoms with Crippen LogP contribution in [0.1, 0.15) is 45.2 Å². The zero-order valence-electron chi connectivity index (χ0n) is 16.6. The minimum Gasteiger partial charge on any atom is -0.344 e. The molecule has 7 nitrogen and oxygen atoms in total. The standard InChI is InChI=1S/C20H28N4O3S/c1-4-28(26,27)23-11-7-8-16(13-23)20(25)22-21-12-17-14-24(15(2)3)19-10-6-5-9-18(17)19/h5-6,9-10,12,14-16H,4,7-8,11,13H2,1-3H3,(H,22,25)/b21-12+. The van der Waals surface area contributed by atoms with E-state index in [1.165, 1.54) is 4.31 Å². The van der Waals surface area contributed by atoms with Gasteiger partial charge in [0, 0.05) is 41.8 Å². The molecule has 152 valence electrons. The third-order valence-corrected chi connectivity index (χ3v) is 7.07. The molecule has 2 aromatic rings. The second kappa shape index (κ2) is 8.45. The molecule has 0 spiro atoms. The van der Waals surface area contributed by atoms with Gasteiger partial charge in [-0.1, -0.05) is 18.2 Å². The van der Waals surface area contributed by atoms with Crippen LogP contribution in [0, 0.1) is 5.92 Å². The monoisotopic (exact) mass is 404 g/mol. The van der Waals surface area contributed by atoms with E-state index in [1.54, 1.807) is 13.1 Å². The van der Waals surface area contributed by atoms with E-state index >= 15 is 0 Å². The molecule has 28 heavy (non-hydrogen) atoms. The first-order valence-corrected chi connectivity index (χ1v) is 11.3. The van der Waals surface area contributed by atoms with Gasteiger partial charge in [0.05, 0.1) is 17.9 Å². The quantitative estimate of drug-likeness (QED) is 0.593. The van der Waals surface area contributed by atoms with Gasteiger partial charge in [0.15, 0.2) is 0 Å². The highest BCUT2D eigenvalue weighted by Gasteiger charge is 2.31. The van der Waals surface area contributed by atoms with Gasteiger partial charge in [-0.3, -0.25) is 4.79 Å². The van der Waals surface area contributed by atoms with Crippen LogP contribution in [0.3, 0.4) is 0 Å². The molecule has 2 heterocycles. The van der Waals surface area contributed by atoms with Gasteiger partial charge in [0.1, 0.15) is 0 Å². The molecular formula is C20H28N4O3S. The lowest BCUT2D eigenvalue weighted by molar-refractivity contribution is -0.126. The summed E-state index contributed by atoms with van der Waals surface area (Å²) in [5, 5.41) is 5.22. The van der Waals surface area contributed by atoms with Crippen LogP contribution in [0.2, 0.25) is 0 Å². The number of nitrogens with zero attached hydrogens (tertiary/aromatic N) is 3. The maximum absolute atomic E-state index is 12.5. The molecule has 1 amide bonds. The van der Waals surface area contributed by atoms with Crippen molar-refractivity contribution >= 4 is 33.0 Å². The normalized spacial score (nSPS) is 18.9. The molecule has 1 atom stereocenters. The molecule has 1 aromatic heterocycles. The Hall–Kier alpha value is -2.19. The smallest absolute Gasteiger partial charge is 0.244 e. The molecule has 0 saturated carbocycles. The number of rotatable bonds is 6. The molecule has 1 unspecified atom stereocenters. The summed E-state index contributed by atoms with van der Waals surface area (Å²) in [5.41, 5.74) is 4.65. The SMILES string of the molecule is CCS(=O)(=O)N1CCCC(C(=O)N/N=C/c2cn(C(C)C)c3ccccc23)C1. The fourth-order valence-electron chi connectivity index (χ4n) is 3.61. The minimum absolute atomic E-state index is 0.0550. The van der Waals surface area contributed by atoms with Crippen molar-refractivity contribution in [3.8, 4) is 0 Å². The molecule has 1 fully saturated rings. The van der Waals surface area contributed by atoms with E-state index in [9.17, 15) is 13.2 Å². The van der Waals surface area contributed by atoms with Crippen molar-refractivity contribution in [2.45, 2.75) is 39.7 Å². The first-order valence-electron chi connectivity index (χ1n) is 9.73. The van der Waals surface area contributed by atoms with Gasteiger partial charge in [-0.2, -0.15) is 5.10 Å². The summed E-state index contributed by atoms with van der Waals surface area (Å²) in [7, 11) is -3.27.